The van der Waals surface area contributed by atoms with E-state index in [0.717, 1.165) is 11.8 Å². The van der Waals surface area contributed by atoms with Crippen LogP contribution in [0.4, 0.5) is 14.5 Å². The Balaban J connectivity index is 1.70. The number of pyridine rings is 1. The molecule has 0 aliphatic rings. The third-order valence-corrected chi connectivity index (χ3v) is 6.35. The number of halogens is 2. The highest BCUT2D eigenvalue weighted by molar-refractivity contribution is 8.00. The normalized spacial score (nSPS) is 12.0. The Morgan fingerprint density at radius 1 is 1.09 bits per heavy atom. The van der Waals surface area contributed by atoms with Crippen LogP contribution in [0.25, 0.3) is 11.0 Å². The summed E-state index contributed by atoms with van der Waals surface area (Å²) in [5.41, 5.74) is 0.738. The molecule has 0 aliphatic carbocycles. The summed E-state index contributed by atoms with van der Waals surface area (Å²) >= 11 is 1.10. The molecular weight excluding hydrogens is 446 g/mol. The third kappa shape index (κ3) is 5.09. The number of nitrogens with zero attached hydrogens (tertiary/aromatic N) is 3. The van der Waals surface area contributed by atoms with Gasteiger partial charge in [0.25, 0.3) is 5.56 Å². The van der Waals surface area contributed by atoms with E-state index in [1.807, 2.05) is 6.92 Å². The number of fused-ring (bicyclic) bond motifs is 1. The molecule has 33 heavy (non-hydrogen) atoms. The fourth-order valence-corrected chi connectivity index (χ4v) is 4.26. The number of benzene rings is 2. The van der Waals surface area contributed by atoms with Gasteiger partial charge in [-0.15, -0.1) is 0 Å². The number of carbonyl (C=O) groups excluding carboxylic acids is 1. The van der Waals surface area contributed by atoms with E-state index in [9.17, 15) is 18.4 Å². The van der Waals surface area contributed by atoms with Crippen LogP contribution >= 0.6 is 11.8 Å². The smallest absolute Gasteiger partial charge is 0.263 e. The molecule has 0 fully saturated rings. The van der Waals surface area contributed by atoms with E-state index in [-0.39, 0.29) is 29.3 Å². The van der Waals surface area contributed by atoms with Crippen LogP contribution in [0.2, 0.25) is 0 Å². The molecule has 1 atom stereocenters. The third-order valence-electron chi connectivity index (χ3n) is 4.99. The van der Waals surface area contributed by atoms with Gasteiger partial charge in [-0.1, -0.05) is 43.0 Å². The van der Waals surface area contributed by atoms with Gasteiger partial charge >= 0.3 is 0 Å². The van der Waals surface area contributed by atoms with E-state index in [2.05, 4.69) is 15.3 Å². The van der Waals surface area contributed by atoms with Gasteiger partial charge in [0.05, 0.1) is 22.9 Å². The van der Waals surface area contributed by atoms with E-state index < -0.39 is 17.0 Å². The number of anilines is 1. The largest absolute Gasteiger partial charge is 0.323 e. The van der Waals surface area contributed by atoms with Crippen LogP contribution in [0.5, 0.6) is 0 Å². The lowest BCUT2D eigenvalue weighted by Gasteiger charge is -2.18. The minimum absolute atomic E-state index is 0.0818. The number of thioether (sulfide) groups is 1. The SMILES string of the molecule is CC[C@@H](Sc1nc2ncccc2c(=O)n1Cc1ccc(F)cc1)C(=O)Nc1ccccc1F. The summed E-state index contributed by atoms with van der Waals surface area (Å²) in [5.74, 6) is -1.32. The van der Waals surface area contributed by atoms with Crippen molar-refractivity contribution in [1.29, 1.82) is 0 Å². The summed E-state index contributed by atoms with van der Waals surface area (Å²) in [6.07, 6.45) is 1.95. The second-order valence-corrected chi connectivity index (χ2v) is 8.44. The summed E-state index contributed by atoms with van der Waals surface area (Å²) in [6, 6.07) is 15.0. The number of hydrogen-bond donors (Lipinski definition) is 1. The molecule has 9 heteroatoms. The maximum absolute atomic E-state index is 14.0. The summed E-state index contributed by atoms with van der Waals surface area (Å²) in [5, 5.41) is 2.60. The molecule has 168 valence electrons. The first-order valence-electron chi connectivity index (χ1n) is 10.3. The van der Waals surface area contributed by atoms with Gasteiger partial charge in [-0.25, -0.2) is 18.7 Å². The first kappa shape index (κ1) is 22.6. The topological polar surface area (TPSA) is 76.9 Å². The Labute approximate surface area is 192 Å². The fourth-order valence-electron chi connectivity index (χ4n) is 3.26. The number of amides is 1. The number of carbonyl (C=O) groups is 1. The number of nitrogens with one attached hydrogen (secondary N) is 1. The molecule has 0 unspecified atom stereocenters. The van der Waals surface area contributed by atoms with Crippen molar-refractivity contribution in [2.24, 2.45) is 0 Å². The number of hydrogen-bond acceptors (Lipinski definition) is 5. The van der Waals surface area contributed by atoms with Crippen molar-refractivity contribution in [3.63, 3.8) is 0 Å². The molecule has 2 aromatic heterocycles. The molecule has 4 aromatic rings. The van der Waals surface area contributed by atoms with Crippen molar-refractivity contribution in [3.05, 3.63) is 94.4 Å². The highest BCUT2D eigenvalue weighted by Gasteiger charge is 2.23. The first-order valence-corrected chi connectivity index (χ1v) is 11.2. The van der Waals surface area contributed by atoms with E-state index in [1.165, 1.54) is 41.1 Å². The van der Waals surface area contributed by atoms with E-state index >= 15 is 0 Å². The molecule has 1 amide bonds. The molecule has 0 spiro atoms. The first-order chi connectivity index (χ1) is 16.0. The van der Waals surface area contributed by atoms with Crippen molar-refractivity contribution in [3.8, 4) is 0 Å². The van der Waals surface area contributed by atoms with Gasteiger partial charge < -0.3 is 5.32 Å². The van der Waals surface area contributed by atoms with Gasteiger partial charge in [0.1, 0.15) is 11.6 Å². The Kier molecular flexibility index (Phi) is 6.79. The Morgan fingerprint density at radius 3 is 2.58 bits per heavy atom. The van der Waals surface area contributed by atoms with E-state index in [4.69, 9.17) is 0 Å². The minimum Gasteiger partial charge on any atom is -0.323 e. The highest BCUT2D eigenvalue weighted by atomic mass is 32.2. The predicted octanol–water partition coefficient (Wildman–Crippen LogP) is 4.63. The fraction of sp³-hybridized carbons (Fsp3) is 0.167. The molecular formula is C24H20F2N4O2S. The van der Waals surface area contributed by atoms with E-state index in [0.29, 0.717) is 22.5 Å². The Morgan fingerprint density at radius 2 is 1.85 bits per heavy atom. The van der Waals surface area contributed by atoms with Crippen LogP contribution in [0.1, 0.15) is 18.9 Å². The minimum atomic E-state index is -0.642. The number of rotatable bonds is 7. The molecule has 4 rings (SSSR count). The molecule has 0 aliphatic heterocycles. The molecule has 0 bridgehead atoms. The average Bonchev–Trinajstić information content (AvgIpc) is 2.82. The maximum atomic E-state index is 14.0. The van der Waals surface area contributed by atoms with Crippen molar-refractivity contribution >= 4 is 34.4 Å². The second kappa shape index (κ2) is 9.91. The van der Waals surface area contributed by atoms with Crippen LogP contribution in [0.15, 0.2) is 76.8 Å². The molecule has 6 nitrogen and oxygen atoms in total. The number of aromatic nitrogens is 3. The maximum Gasteiger partial charge on any atom is 0.263 e. The van der Waals surface area contributed by atoms with Crippen LogP contribution in [-0.2, 0) is 11.3 Å². The van der Waals surface area contributed by atoms with Crippen LogP contribution in [-0.4, -0.2) is 25.7 Å². The summed E-state index contributed by atoms with van der Waals surface area (Å²) < 4.78 is 28.8. The van der Waals surface area contributed by atoms with Crippen molar-refractivity contribution in [2.75, 3.05) is 5.32 Å². The molecule has 0 saturated carbocycles. The standard InChI is InChI=1S/C24H20F2N4O2S/c1-2-20(22(31)28-19-8-4-3-7-18(19)26)33-24-29-21-17(6-5-13-27-21)23(32)30(24)14-15-9-11-16(25)12-10-15/h3-13,20H,2,14H2,1H3,(H,28,31)/t20-/m1/s1. The Bertz CT molecular complexity index is 1360. The highest BCUT2D eigenvalue weighted by Crippen LogP contribution is 2.26. The van der Waals surface area contributed by atoms with Crippen LogP contribution in [0, 0.1) is 11.6 Å². The summed E-state index contributed by atoms with van der Waals surface area (Å²) in [4.78, 5) is 34.8. The zero-order valence-corrected chi connectivity index (χ0v) is 18.5. The van der Waals surface area contributed by atoms with Crippen molar-refractivity contribution in [1.82, 2.24) is 14.5 Å². The predicted molar refractivity (Wildman–Crippen MR) is 124 cm³/mol. The Hall–Kier alpha value is -3.59. The van der Waals surface area contributed by atoms with Crippen LogP contribution in [0.3, 0.4) is 0 Å². The molecule has 2 aromatic carbocycles. The quantitative estimate of drug-likeness (QED) is 0.318. The van der Waals surface area contributed by atoms with Crippen molar-refractivity contribution in [2.45, 2.75) is 30.3 Å². The van der Waals surface area contributed by atoms with Gasteiger partial charge in [-0.05, 0) is 48.4 Å². The molecule has 1 N–H and O–H groups in total. The van der Waals surface area contributed by atoms with Crippen LogP contribution < -0.4 is 10.9 Å². The molecule has 0 radical (unpaired) electrons. The van der Waals surface area contributed by atoms with Gasteiger partial charge in [0, 0.05) is 6.20 Å². The lowest BCUT2D eigenvalue weighted by atomic mass is 10.2. The monoisotopic (exact) mass is 466 g/mol. The lowest BCUT2D eigenvalue weighted by molar-refractivity contribution is -0.115. The van der Waals surface area contributed by atoms with Gasteiger partial charge in [0.2, 0.25) is 5.91 Å². The summed E-state index contributed by atoms with van der Waals surface area (Å²) in [7, 11) is 0. The van der Waals surface area contributed by atoms with E-state index in [1.54, 1.807) is 30.3 Å². The van der Waals surface area contributed by atoms with Gasteiger partial charge in [-0.3, -0.25) is 14.2 Å². The number of para-hydroxylation sites is 1. The summed E-state index contributed by atoms with van der Waals surface area (Å²) in [6.45, 7) is 1.96. The van der Waals surface area contributed by atoms with Crippen molar-refractivity contribution < 1.29 is 13.6 Å². The lowest BCUT2D eigenvalue weighted by Crippen LogP contribution is -2.29. The molecule has 2 heterocycles. The zero-order valence-electron chi connectivity index (χ0n) is 17.7. The zero-order chi connectivity index (χ0) is 23.4. The van der Waals surface area contributed by atoms with Gasteiger partial charge in [-0.2, -0.15) is 0 Å². The average molecular weight is 467 g/mol. The second-order valence-electron chi connectivity index (χ2n) is 7.27. The van der Waals surface area contributed by atoms with Gasteiger partial charge in [0.15, 0.2) is 10.8 Å². The molecule has 0 saturated heterocycles.